The van der Waals surface area contributed by atoms with Gasteiger partial charge in [0.2, 0.25) is 0 Å². The number of ether oxygens (including phenoxy) is 3. The highest BCUT2D eigenvalue weighted by atomic mass is 16.6. The van der Waals surface area contributed by atoms with E-state index < -0.39 is 10.9 Å². The lowest BCUT2D eigenvalue weighted by Crippen LogP contribution is -2.09. The molecular weight excluding hydrogens is 316 g/mol. The van der Waals surface area contributed by atoms with Crippen LogP contribution < -0.4 is 4.74 Å². The molecule has 2 aromatic rings. The molecule has 0 bridgehead atoms. The van der Waals surface area contributed by atoms with Gasteiger partial charge in [0.15, 0.2) is 0 Å². The van der Waals surface area contributed by atoms with Crippen molar-refractivity contribution in [1.29, 1.82) is 0 Å². The third-order valence-electron chi connectivity index (χ3n) is 3.52. The summed E-state index contributed by atoms with van der Waals surface area (Å²) in [7, 11) is 3.19. The number of aromatic nitrogens is 1. The van der Waals surface area contributed by atoms with E-state index in [0.717, 1.165) is 0 Å². The lowest BCUT2D eigenvalue weighted by molar-refractivity contribution is -0.383. The summed E-state index contributed by atoms with van der Waals surface area (Å²) >= 11 is 0. The third-order valence-corrected chi connectivity index (χ3v) is 3.52. The highest BCUT2D eigenvalue weighted by Gasteiger charge is 2.23. The summed E-state index contributed by atoms with van der Waals surface area (Å²) in [6, 6.07) is 4.62. The van der Waals surface area contributed by atoms with E-state index in [1.165, 1.54) is 10.6 Å². The molecule has 0 radical (unpaired) electrons. The molecule has 1 heterocycles. The number of carbonyl (C=O) groups is 1. The lowest BCUT2D eigenvalue weighted by atomic mass is 10.2. The number of nitro groups is 1. The van der Waals surface area contributed by atoms with Gasteiger partial charge in [-0.15, -0.1) is 0 Å². The van der Waals surface area contributed by atoms with E-state index in [1.807, 2.05) is 0 Å². The number of esters is 1. The predicted octanol–water partition coefficient (Wildman–Crippen LogP) is 2.68. The Bertz CT molecular complexity index is 753. The van der Waals surface area contributed by atoms with Gasteiger partial charge in [-0.1, -0.05) is 0 Å². The molecule has 130 valence electrons. The second-order valence-corrected chi connectivity index (χ2v) is 5.14. The maximum absolute atomic E-state index is 12.0. The van der Waals surface area contributed by atoms with Crippen molar-refractivity contribution in [2.45, 2.75) is 13.3 Å². The van der Waals surface area contributed by atoms with Crippen LogP contribution in [-0.4, -0.2) is 42.4 Å². The average Bonchev–Trinajstić information content (AvgIpc) is 2.88. The van der Waals surface area contributed by atoms with Gasteiger partial charge < -0.3 is 18.8 Å². The molecule has 0 spiro atoms. The average molecular weight is 336 g/mol. The number of methoxy groups -OCH3 is 1. The first-order valence-corrected chi connectivity index (χ1v) is 7.56. The van der Waals surface area contributed by atoms with E-state index in [9.17, 15) is 14.9 Å². The molecule has 0 saturated heterocycles. The van der Waals surface area contributed by atoms with E-state index >= 15 is 0 Å². The second-order valence-electron chi connectivity index (χ2n) is 5.14. The summed E-state index contributed by atoms with van der Waals surface area (Å²) in [5.74, 6) is -0.139. The number of hydrogen-bond acceptors (Lipinski definition) is 6. The van der Waals surface area contributed by atoms with Crippen LogP contribution >= 0.6 is 0 Å². The van der Waals surface area contributed by atoms with Crippen molar-refractivity contribution in [3.8, 4) is 5.75 Å². The molecule has 0 atom stereocenters. The molecule has 1 aromatic carbocycles. The monoisotopic (exact) mass is 336 g/mol. The topological polar surface area (TPSA) is 92.8 Å². The predicted molar refractivity (Wildman–Crippen MR) is 87.5 cm³/mol. The maximum Gasteiger partial charge on any atom is 0.354 e. The number of benzene rings is 1. The van der Waals surface area contributed by atoms with E-state index in [-0.39, 0.29) is 18.0 Å². The zero-order chi connectivity index (χ0) is 17.7. The fourth-order valence-corrected chi connectivity index (χ4v) is 2.47. The van der Waals surface area contributed by atoms with Crippen molar-refractivity contribution < 1.29 is 23.9 Å². The molecule has 8 nitrogen and oxygen atoms in total. The largest absolute Gasteiger partial charge is 0.493 e. The molecule has 8 heteroatoms. The van der Waals surface area contributed by atoms with Crippen molar-refractivity contribution in [1.82, 2.24) is 4.57 Å². The molecule has 0 amide bonds. The molecule has 0 N–H and O–H groups in total. The fraction of sp³-hybridized carbons (Fsp3) is 0.438. The minimum Gasteiger partial charge on any atom is -0.493 e. The smallest absolute Gasteiger partial charge is 0.354 e. The number of nitrogens with zero attached hydrogens (tertiary/aromatic N) is 2. The molecular formula is C16H20N2O6. The Morgan fingerprint density at radius 2 is 2.04 bits per heavy atom. The van der Waals surface area contributed by atoms with Crippen LogP contribution in [-0.2, 0) is 16.5 Å². The molecule has 0 aliphatic carbocycles. The maximum atomic E-state index is 12.0. The van der Waals surface area contributed by atoms with Crippen LogP contribution in [0.25, 0.3) is 10.9 Å². The van der Waals surface area contributed by atoms with Crippen LogP contribution in [0, 0.1) is 10.1 Å². The van der Waals surface area contributed by atoms with Gasteiger partial charge in [0.05, 0.1) is 24.2 Å². The highest BCUT2D eigenvalue weighted by molar-refractivity contribution is 5.99. The quantitative estimate of drug-likeness (QED) is 0.318. The molecule has 0 fully saturated rings. The lowest BCUT2D eigenvalue weighted by Gasteiger charge is -2.07. The highest BCUT2D eigenvalue weighted by Crippen LogP contribution is 2.33. The summed E-state index contributed by atoms with van der Waals surface area (Å²) in [4.78, 5) is 22.9. The van der Waals surface area contributed by atoms with Crippen LogP contribution in [0.1, 0.15) is 23.8 Å². The third kappa shape index (κ3) is 3.65. The van der Waals surface area contributed by atoms with E-state index in [2.05, 4.69) is 0 Å². The van der Waals surface area contributed by atoms with Gasteiger partial charge >= 0.3 is 5.97 Å². The van der Waals surface area contributed by atoms with Crippen molar-refractivity contribution in [2.24, 2.45) is 7.05 Å². The standard InChI is InChI=1S/C16H20N2O6/c1-4-23-16(19)14-9-11-8-12(24-7-5-6-22-3)10-13(18(20)21)15(11)17(14)2/h8-10H,4-7H2,1-3H3. The number of aryl methyl sites for hydroxylation is 1. The number of non-ortho nitro benzene ring substituents is 1. The van der Waals surface area contributed by atoms with E-state index in [1.54, 1.807) is 33.2 Å². The summed E-state index contributed by atoms with van der Waals surface area (Å²) in [6.07, 6.45) is 0.672. The summed E-state index contributed by atoms with van der Waals surface area (Å²) in [6.45, 7) is 2.86. The van der Waals surface area contributed by atoms with Gasteiger partial charge in [-0.25, -0.2) is 4.79 Å². The molecule has 0 saturated carbocycles. The van der Waals surface area contributed by atoms with Crippen LogP contribution in [0.5, 0.6) is 5.75 Å². The van der Waals surface area contributed by atoms with Gasteiger partial charge in [-0.05, 0) is 19.1 Å². The Balaban J connectivity index is 2.43. The summed E-state index contributed by atoms with van der Waals surface area (Å²) < 4.78 is 16.9. The van der Waals surface area contributed by atoms with Gasteiger partial charge in [-0.2, -0.15) is 0 Å². The number of nitro benzene ring substituents is 1. The molecule has 0 unspecified atom stereocenters. The minimum absolute atomic E-state index is 0.118. The van der Waals surface area contributed by atoms with Gasteiger partial charge in [0.1, 0.15) is 17.0 Å². The second kappa shape index (κ2) is 7.78. The van der Waals surface area contributed by atoms with E-state index in [4.69, 9.17) is 14.2 Å². The Morgan fingerprint density at radius 1 is 1.29 bits per heavy atom. The number of hydrogen-bond donors (Lipinski definition) is 0. The fourth-order valence-electron chi connectivity index (χ4n) is 2.47. The summed E-state index contributed by atoms with van der Waals surface area (Å²) in [5, 5.41) is 12.0. The summed E-state index contributed by atoms with van der Waals surface area (Å²) in [5.41, 5.74) is 0.492. The normalized spacial score (nSPS) is 10.8. The Morgan fingerprint density at radius 3 is 2.67 bits per heavy atom. The first kappa shape index (κ1) is 17.7. The Kier molecular flexibility index (Phi) is 5.75. The SMILES string of the molecule is CCOC(=O)c1cc2cc(OCCCOC)cc([N+](=O)[O-])c2n1C. The van der Waals surface area contributed by atoms with Crippen molar-refractivity contribution >= 4 is 22.6 Å². The molecule has 0 aliphatic heterocycles. The molecule has 0 aliphatic rings. The van der Waals surface area contributed by atoms with Gasteiger partial charge in [-0.3, -0.25) is 10.1 Å². The minimum atomic E-state index is -0.520. The Labute approximate surface area is 139 Å². The zero-order valence-corrected chi connectivity index (χ0v) is 13.9. The van der Waals surface area contributed by atoms with Crippen molar-refractivity contribution in [2.75, 3.05) is 26.9 Å². The molecule has 2 rings (SSSR count). The number of carbonyl (C=O) groups excluding carboxylic acids is 1. The first-order valence-electron chi connectivity index (χ1n) is 7.56. The molecule has 1 aromatic heterocycles. The Hall–Kier alpha value is -2.61. The number of rotatable bonds is 8. The van der Waals surface area contributed by atoms with Gasteiger partial charge in [0, 0.05) is 32.6 Å². The van der Waals surface area contributed by atoms with Crippen LogP contribution in [0.15, 0.2) is 18.2 Å². The van der Waals surface area contributed by atoms with Crippen LogP contribution in [0.4, 0.5) is 5.69 Å². The van der Waals surface area contributed by atoms with Crippen molar-refractivity contribution in [3.05, 3.63) is 34.0 Å². The number of fused-ring (bicyclic) bond motifs is 1. The van der Waals surface area contributed by atoms with E-state index in [0.29, 0.717) is 36.3 Å². The molecule has 24 heavy (non-hydrogen) atoms. The first-order chi connectivity index (χ1) is 11.5. The van der Waals surface area contributed by atoms with Crippen LogP contribution in [0.3, 0.4) is 0 Å². The van der Waals surface area contributed by atoms with Crippen LogP contribution in [0.2, 0.25) is 0 Å². The zero-order valence-electron chi connectivity index (χ0n) is 13.9. The van der Waals surface area contributed by atoms with Crippen molar-refractivity contribution in [3.63, 3.8) is 0 Å². The van der Waals surface area contributed by atoms with Gasteiger partial charge in [0.25, 0.3) is 5.69 Å².